The summed E-state index contributed by atoms with van der Waals surface area (Å²) < 4.78 is 16.2. The van der Waals surface area contributed by atoms with Crippen molar-refractivity contribution in [2.45, 2.75) is 70.7 Å². The van der Waals surface area contributed by atoms with Crippen molar-refractivity contribution in [3.63, 3.8) is 0 Å². The number of hydrogen-bond donors (Lipinski definition) is 4. The van der Waals surface area contributed by atoms with E-state index in [2.05, 4.69) is 0 Å². The van der Waals surface area contributed by atoms with Crippen LogP contribution < -0.4 is 0 Å². The van der Waals surface area contributed by atoms with E-state index in [0.717, 1.165) is 0 Å². The van der Waals surface area contributed by atoms with Crippen molar-refractivity contribution in [1.82, 2.24) is 0 Å². The minimum absolute atomic E-state index is 0.146. The van der Waals surface area contributed by atoms with E-state index < -0.39 is 30.5 Å². The van der Waals surface area contributed by atoms with Crippen LogP contribution in [0.4, 0.5) is 0 Å². The second kappa shape index (κ2) is 12.2. The third-order valence-electron chi connectivity index (χ3n) is 3.04. The molecule has 0 spiro atoms. The van der Waals surface area contributed by atoms with Crippen LogP contribution in [0, 0.1) is 0 Å². The van der Waals surface area contributed by atoms with E-state index in [4.69, 9.17) is 24.4 Å². The van der Waals surface area contributed by atoms with Gasteiger partial charge in [0, 0.05) is 6.42 Å². The summed E-state index contributed by atoms with van der Waals surface area (Å²) in [5.74, 6) is 0. The van der Waals surface area contributed by atoms with Gasteiger partial charge in [-0.1, -0.05) is 0 Å². The van der Waals surface area contributed by atoms with E-state index in [0.29, 0.717) is 0 Å². The molecule has 0 bridgehead atoms. The fourth-order valence-corrected chi connectivity index (χ4v) is 1.68. The smallest absolute Gasteiger partial charge is 0.0832 e. The quantitative estimate of drug-likeness (QED) is 0.368. The number of aliphatic hydroxyl groups excluding tert-OH is 4. The number of aliphatic hydroxyl groups is 4. The molecule has 0 saturated carbocycles. The standard InChI is InChI=1S/C15H32O7/c1-10(17)7-20-12(3)9-22-14(6-16)5-15(19)13(4)21-8-11(2)18/h10-19H,5-9H2,1-4H3. The Balaban J connectivity index is 4.03. The first-order valence-corrected chi connectivity index (χ1v) is 7.76. The topological polar surface area (TPSA) is 109 Å². The van der Waals surface area contributed by atoms with Crippen LogP contribution >= 0.6 is 0 Å². The minimum Gasteiger partial charge on any atom is -0.394 e. The molecule has 0 fully saturated rings. The molecule has 0 heterocycles. The zero-order chi connectivity index (χ0) is 17.1. The fourth-order valence-electron chi connectivity index (χ4n) is 1.68. The van der Waals surface area contributed by atoms with Gasteiger partial charge in [0.25, 0.3) is 0 Å². The van der Waals surface area contributed by atoms with Gasteiger partial charge < -0.3 is 34.6 Å². The van der Waals surface area contributed by atoms with E-state index in [1.165, 1.54) is 0 Å². The Bertz CT molecular complexity index is 260. The molecule has 0 aromatic rings. The van der Waals surface area contributed by atoms with Crippen LogP contribution in [0.3, 0.4) is 0 Å². The molecule has 0 aromatic heterocycles. The minimum atomic E-state index is -0.801. The number of ether oxygens (including phenoxy) is 3. The van der Waals surface area contributed by atoms with Crippen molar-refractivity contribution < 1.29 is 34.6 Å². The highest BCUT2D eigenvalue weighted by atomic mass is 16.5. The Morgan fingerprint density at radius 2 is 1.32 bits per heavy atom. The summed E-state index contributed by atoms with van der Waals surface area (Å²) in [5, 5.41) is 37.6. The molecule has 0 aliphatic rings. The predicted molar refractivity (Wildman–Crippen MR) is 81.6 cm³/mol. The summed E-state index contributed by atoms with van der Waals surface area (Å²) in [6.45, 7) is 7.16. The van der Waals surface area contributed by atoms with Gasteiger partial charge in [0.15, 0.2) is 0 Å². The molecule has 7 nitrogen and oxygen atoms in total. The maximum Gasteiger partial charge on any atom is 0.0832 e. The van der Waals surface area contributed by atoms with Crippen molar-refractivity contribution in [3.8, 4) is 0 Å². The highest BCUT2D eigenvalue weighted by Gasteiger charge is 2.21. The highest BCUT2D eigenvalue weighted by Crippen LogP contribution is 2.10. The van der Waals surface area contributed by atoms with Crippen LogP contribution in [0.15, 0.2) is 0 Å². The third-order valence-corrected chi connectivity index (χ3v) is 3.04. The Labute approximate surface area is 132 Å². The van der Waals surface area contributed by atoms with Crippen molar-refractivity contribution in [1.29, 1.82) is 0 Å². The third kappa shape index (κ3) is 11.3. The van der Waals surface area contributed by atoms with Gasteiger partial charge >= 0.3 is 0 Å². The summed E-state index contributed by atoms with van der Waals surface area (Å²) in [7, 11) is 0. The molecule has 0 aliphatic carbocycles. The van der Waals surface area contributed by atoms with Gasteiger partial charge in [-0.25, -0.2) is 0 Å². The second-order valence-corrected chi connectivity index (χ2v) is 5.82. The molecule has 134 valence electrons. The van der Waals surface area contributed by atoms with Crippen LogP contribution in [0.25, 0.3) is 0 Å². The first-order valence-electron chi connectivity index (χ1n) is 7.76. The largest absolute Gasteiger partial charge is 0.394 e. The molecule has 6 unspecified atom stereocenters. The summed E-state index contributed by atoms with van der Waals surface area (Å²) in [5.41, 5.74) is 0. The summed E-state index contributed by atoms with van der Waals surface area (Å²) in [4.78, 5) is 0. The lowest BCUT2D eigenvalue weighted by Gasteiger charge is -2.25. The van der Waals surface area contributed by atoms with Crippen molar-refractivity contribution in [2.24, 2.45) is 0 Å². The lowest BCUT2D eigenvalue weighted by molar-refractivity contribution is -0.0991. The molecule has 0 rings (SSSR count). The number of hydrogen-bond acceptors (Lipinski definition) is 7. The fraction of sp³-hybridized carbons (Fsp3) is 1.00. The molecule has 6 atom stereocenters. The molecule has 0 amide bonds. The first-order chi connectivity index (χ1) is 10.3. The van der Waals surface area contributed by atoms with Crippen molar-refractivity contribution in [3.05, 3.63) is 0 Å². The Kier molecular flexibility index (Phi) is 12.0. The Morgan fingerprint density at radius 1 is 0.773 bits per heavy atom. The Morgan fingerprint density at radius 3 is 1.82 bits per heavy atom. The lowest BCUT2D eigenvalue weighted by Crippen LogP contribution is -2.35. The second-order valence-electron chi connectivity index (χ2n) is 5.82. The zero-order valence-electron chi connectivity index (χ0n) is 14.0. The van der Waals surface area contributed by atoms with Gasteiger partial charge in [0.1, 0.15) is 0 Å². The molecule has 0 saturated heterocycles. The molecule has 0 aromatic carbocycles. The monoisotopic (exact) mass is 324 g/mol. The van der Waals surface area contributed by atoms with Gasteiger partial charge in [0.05, 0.1) is 63.1 Å². The predicted octanol–water partition coefficient (Wildman–Crippen LogP) is -0.313. The lowest BCUT2D eigenvalue weighted by atomic mass is 10.1. The maximum atomic E-state index is 10.0. The van der Waals surface area contributed by atoms with Crippen LogP contribution in [-0.2, 0) is 14.2 Å². The van der Waals surface area contributed by atoms with Gasteiger partial charge in [0.2, 0.25) is 0 Å². The zero-order valence-corrected chi connectivity index (χ0v) is 14.0. The van der Waals surface area contributed by atoms with E-state index in [9.17, 15) is 10.2 Å². The highest BCUT2D eigenvalue weighted by molar-refractivity contribution is 4.71. The molecule has 0 radical (unpaired) electrons. The normalized spacial score (nSPS) is 20.2. The summed E-state index contributed by atoms with van der Waals surface area (Å²) in [6.07, 6.45) is -2.91. The number of rotatable bonds is 13. The van der Waals surface area contributed by atoms with Gasteiger partial charge in [-0.15, -0.1) is 0 Å². The molecule has 4 N–H and O–H groups in total. The van der Waals surface area contributed by atoms with Crippen LogP contribution in [0.5, 0.6) is 0 Å². The van der Waals surface area contributed by atoms with Crippen LogP contribution in [-0.4, -0.2) is 83.5 Å². The summed E-state index contributed by atoms with van der Waals surface area (Å²) in [6, 6.07) is 0. The average molecular weight is 324 g/mol. The van der Waals surface area contributed by atoms with E-state index >= 15 is 0 Å². The van der Waals surface area contributed by atoms with E-state index in [1.807, 2.05) is 6.92 Å². The summed E-state index contributed by atoms with van der Waals surface area (Å²) >= 11 is 0. The first kappa shape index (κ1) is 21.7. The van der Waals surface area contributed by atoms with Crippen LogP contribution in [0.2, 0.25) is 0 Å². The Hall–Kier alpha value is -0.280. The molecular weight excluding hydrogens is 292 g/mol. The SMILES string of the molecule is CC(O)COC(C)COC(CO)CC(O)C(C)OCC(C)O. The van der Waals surface area contributed by atoms with Crippen molar-refractivity contribution >= 4 is 0 Å². The average Bonchev–Trinajstić information content (AvgIpc) is 2.46. The molecular formula is C15H32O7. The van der Waals surface area contributed by atoms with Gasteiger partial charge in [-0.05, 0) is 27.7 Å². The van der Waals surface area contributed by atoms with Crippen molar-refractivity contribution in [2.75, 3.05) is 26.4 Å². The van der Waals surface area contributed by atoms with E-state index in [1.54, 1.807) is 20.8 Å². The maximum absolute atomic E-state index is 10.0. The molecule has 0 aliphatic heterocycles. The molecule has 7 heteroatoms. The van der Waals surface area contributed by atoms with Gasteiger partial charge in [-0.2, -0.15) is 0 Å². The van der Waals surface area contributed by atoms with Gasteiger partial charge in [-0.3, -0.25) is 0 Å². The van der Waals surface area contributed by atoms with Crippen LogP contribution in [0.1, 0.15) is 34.1 Å². The van der Waals surface area contributed by atoms with E-state index in [-0.39, 0.29) is 39.0 Å². The molecule has 22 heavy (non-hydrogen) atoms.